The summed E-state index contributed by atoms with van der Waals surface area (Å²) in [6.07, 6.45) is 3.05. The van der Waals surface area contributed by atoms with E-state index in [-0.39, 0.29) is 18.6 Å². The standard InChI is InChI=1S/C20H32N2O2/c1-15(2)12-17-4-6-19(7-5-17)16(3)21-20(24)13-22-10-8-18(14-23)9-11-22/h4-7,15-16,18,23H,8-14H2,1-3H3,(H,21,24). The summed E-state index contributed by atoms with van der Waals surface area (Å²) in [5, 5.41) is 12.3. The Hall–Kier alpha value is -1.39. The van der Waals surface area contributed by atoms with Gasteiger partial charge in [-0.2, -0.15) is 0 Å². The molecule has 1 aliphatic heterocycles. The second-order valence-corrected chi connectivity index (χ2v) is 7.53. The van der Waals surface area contributed by atoms with Crippen LogP contribution in [0.3, 0.4) is 0 Å². The van der Waals surface area contributed by atoms with Gasteiger partial charge in [-0.05, 0) is 62.2 Å². The highest BCUT2D eigenvalue weighted by Crippen LogP contribution is 2.17. The summed E-state index contributed by atoms with van der Waals surface area (Å²) in [7, 11) is 0. The Morgan fingerprint density at radius 1 is 1.21 bits per heavy atom. The van der Waals surface area contributed by atoms with E-state index in [2.05, 4.69) is 48.3 Å². The zero-order valence-electron chi connectivity index (χ0n) is 15.3. The van der Waals surface area contributed by atoms with Crippen molar-refractivity contribution in [2.24, 2.45) is 11.8 Å². The lowest BCUT2D eigenvalue weighted by Crippen LogP contribution is -2.42. The fourth-order valence-electron chi connectivity index (χ4n) is 3.31. The Bertz CT molecular complexity index is 505. The van der Waals surface area contributed by atoms with Crippen LogP contribution in [-0.4, -0.2) is 42.2 Å². The topological polar surface area (TPSA) is 52.6 Å². The molecule has 0 radical (unpaired) electrons. The van der Waals surface area contributed by atoms with Crippen LogP contribution in [0.5, 0.6) is 0 Å². The molecule has 4 heteroatoms. The third-order valence-corrected chi connectivity index (χ3v) is 4.83. The maximum absolute atomic E-state index is 12.3. The lowest BCUT2D eigenvalue weighted by Gasteiger charge is -2.30. The van der Waals surface area contributed by atoms with E-state index in [4.69, 9.17) is 0 Å². The van der Waals surface area contributed by atoms with Crippen LogP contribution in [0.25, 0.3) is 0 Å². The Morgan fingerprint density at radius 2 is 1.83 bits per heavy atom. The fourth-order valence-corrected chi connectivity index (χ4v) is 3.31. The number of likely N-dealkylation sites (tertiary alicyclic amines) is 1. The first-order chi connectivity index (χ1) is 11.5. The van der Waals surface area contributed by atoms with Crippen molar-refractivity contribution in [1.29, 1.82) is 0 Å². The van der Waals surface area contributed by atoms with Gasteiger partial charge in [-0.3, -0.25) is 9.69 Å². The van der Waals surface area contributed by atoms with Crippen molar-refractivity contribution in [3.05, 3.63) is 35.4 Å². The second kappa shape index (κ2) is 9.19. The average molecular weight is 332 g/mol. The molecule has 1 fully saturated rings. The van der Waals surface area contributed by atoms with Gasteiger partial charge in [0, 0.05) is 6.61 Å². The van der Waals surface area contributed by atoms with E-state index in [1.807, 2.05) is 6.92 Å². The van der Waals surface area contributed by atoms with Crippen molar-refractivity contribution in [2.45, 2.75) is 46.1 Å². The molecule has 1 amide bonds. The van der Waals surface area contributed by atoms with E-state index in [0.29, 0.717) is 18.4 Å². The van der Waals surface area contributed by atoms with E-state index >= 15 is 0 Å². The molecular formula is C20H32N2O2. The Balaban J connectivity index is 1.79. The van der Waals surface area contributed by atoms with Crippen LogP contribution < -0.4 is 5.32 Å². The predicted molar refractivity (Wildman–Crippen MR) is 97.8 cm³/mol. The van der Waals surface area contributed by atoms with Gasteiger partial charge in [-0.15, -0.1) is 0 Å². The minimum Gasteiger partial charge on any atom is -0.396 e. The summed E-state index contributed by atoms with van der Waals surface area (Å²) in [6, 6.07) is 8.60. The monoisotopic (exact) mass is 332 g/mol. The number of hydrogen-bond donors (Lipinski definition) is 2. The number of amides is 1. The summed E-state index contributed by atoms with van der Waals surface area (Å²) < 4.78 is 0. The molecule has 1 heterocycles. The molecular weight excluding hydrogens is 300 g/mol. The molecule has 2 rings (SSSR count). The molecule has 0 aromatic heterocycles. The van der Waals surface area contributed by atoms with E-state index in [1.165, 1.54) is 5.56 Å². The fraction of sp³-hybridized carbons (Fsp3) is 0.650. The zero-order chi connectivity index (χ0) is 17.5. The van der Waals surface area contributed by atoms with Crippen LogP contribution >= 0.6 is 0 Å². The molecule has 1 unspecified atom stereocenters. The predicted octanol–water partition coefficient (Wildman–Crippen LogP) is 2.77. The number of carbonyl (C=O) groups is 1. The quantitative estimate of drug-likeness (QED) is 0.807. The van der Waals surface area contributed by atoms with Gasteiger partial charge in [0.15, 0.2) is 0 Å². The Kier molecular flexibility index (Phi) is 7.25. The molecule has 0 aliphatic carbocycles. The van der Waals surface area contributed by atoms with Crippen LogP contribution in [0, 0.1) is 11.8 Å². The van der Waals surface area contributed by atoms with Gasteiger partial charge in [0.2, 0.25) is 5.91 Å². The van der Waals surface area contributed by atoms with E-state index in [9.17, 15) is 9.90 Å². The first kappa shape index (κ1) is 18.9. The van der Waals surface area contributed by atoms with Gasteiger partial charge in [0.05, 0.1) is 12.6 Å². The van der Waals surface area contributed by atoms with Gasteiger partial charge in [-0.1, -0.05) is 38.1 Å². The van der Waals surface area contributed by atoms with E-state index in [1.54, 1.807) is 0 Å². The summed E-state index contributed by atoms with van der Waals surface area (Å²) in [5.41, 5.74) is 2.49. The van der Waals surface area contributed by atoms with Crippen LogP contribution in [-0.2, 0) is 11.2 Å². The molecule has 1 aromatic rings. The molecule has 0 spiro atoms. The third kappa shape index (κ3) is 5.91. The smallest absolute Gasteiger partial charge is 0.234 e. The second-order valence-electron chi connectivity index (χ2n) is 7.53. The van der Waals surface area contributed by atoms with Crippen molar-refractivity contribution in [2.75, 3.05) is 26.2 Å². The van der Waals surface area contributed by atoms with Crippen LogP contribution in [0.2, 0.25) is 0 Å². The molecule has 1 aliphatic rings. The third-order valence-electron chi connectivity index (χ3n) is 4.83. The minimum absolute atomic E-state index is 0.0283. The highest BCUT2D eigenvalue weighted by Gasteiger charge is 2.20. The number of rotatable bonds is 7. The SMILES string of the molecule is CC(C)Cc1ccc(C(C)NC(=O)CN2CCC(CO)CC2)cc1. The Labute approximate surface area is 146 Å². The summed E-state index contributed by atoms with van der Waals surface area (Å²) >= 11 is 0. The molecule has 24 heavy (non-hydrogen) atoms. The van der Waals surface area contributed by atoms with E-state index in [0.717, 1.165) is 37.9 Å². The van der Waals surface area contributed by atoms with E-state index < -0.39 is 0 Å². The highest BCUT2D eigenvalue weighted by atomic mass is 16.3. The number of aliphatic hydroxyl groups is 1. The van der Waals surface area contributed by atoms with Gasteiger partial charge >= 0.3 is 0 Å². The van der Waals surface area contributed by atoms with Crippen LogP contribution in [0.15, 0.2) is 24.3 Å². The lowest BCUT2D eigenvalue weighted by molar-refractivity contribution is -0.123. The van der Waals surface area contributed by atoms with Gasteiger partial charge in [-0.25, -0.2) is 0 Å². The van der Waals surface area contributed by atoms with Crippen molar-refractivity contribution < 1.29 is 9.90 Å². The molecule has 134 valence electrons. The maximum Gasteiger partial charge on any atom is 0.234 e. The van der Waals surface area contributed by atoms with Crippen LogP contribution in [0.1, 0.15) is 50.8 Å². The molecule has 0 saturated carbocycles. The molecule has 1 aromatic carbocycles. The van der Waals surface area contributed by atoms with Crippen LogP contribution in [0.4, 0.5) is 0 Å². The number of nitrogens with zero attached hydrogens (tertiary/aromatic N) is 1. The number of carbonyl (C=O) groups excluding carboxylic acids is 1. The first-order valence-corrected chi connectivity index (χ1v) is 9.19. The average Bonchev–Trinajstić information content (AvgIpc) is 2.55. The summed E-state index contributed by atoms with van der Waals surface area (Å²) in [4.78, 5) is 14.4. The van der Waals surface area contributed by atoms with Crippen molar-refractivity contribution in [1.82, 2.24) is 10.2 Å². The minimum atomic E-state index is 0.0283. The number of benzene rings is 1. The molecule has 0 bridgehead atoms. The highest BCUT2D eigenvalue weighted by molar-refractivity contribution is 5.78. The largest absolute Gasteiger partial charge is 0.396 e. The number of piperidine rings is 1. The number of hydrogen-bond acceptors (Lipinski definition) is 3. The van der Waals surface area contributed by atoms with Gasteiger partial charge in [0.25, 0.3) is 0 Å². The normalized spacial score (nSPS) is 17.9. The van der Waals surface area contributed by atoms with Gasteiger partial charge < -0.3 is 10.4 Å². The molecule has 2 N–H and O–H groups in total. The number of aliphatic hydroxyl groups excluding tert-OH is 1. The first-order valence-electron chi connectivity index (χ1n) is 9.19. The lowest BCUT2D eigenvalue weighted by atomic mass is 9.98. The van der Waals surface area contributed by atoms with Crippen molar-refractivity contribution in [3.63, 3.8) is 0 Å². The zero-order valence-corrected chi connectivity index (χ0v) is 15.3. The maximum atomic E-state index is 12.3. The summed E-state index contributed by atoms with van der Waals surface area (Å²) in [5.74, 6) is 1.15. The Morgan fingerprint density at radius 3 is 2.38 bits per heavy atom. The molecule has 1 atom stereocenters. The molecule has 1 saturated heterocycles. The summed E-state index contributed by atoms with van der Waals surface area (Å²) in [6.45, 7) is 9.00. The number of nitrogens with one attached hydrogen (secondary N) is 1. The van der Waals surface area contributed by atoms with Gasteiger partial charge in [0.1, 0.15) is 0 Å². The van der Waals surface area contributed by atoms with Crippen molar-refractivity contribution >= 4 is 5.91 Å². The molecule has 4 nitrogen and oxygen atoms in total. The van der Waals surface area contributed by atoms with Crippen molar-refractivity contribution in [3.8, 4) is 0 Å².